The van der Waals surface area contributed by atoms with E-state index in [0.29, 0.717) is 18.2 Å². The maximum atomic E-state index is 12.1. The fourth-order valence-electron chi connectivity index (χ4n) is 1.86. The van der Waals surface area contributed by atoms with Crippen LogP contribution >= 0.6 is 11.3 Å². The Morgan fingerprint density at radius 3 is 2.79 bits per heavy atom. The highest BCUT2D eigenvalue weighted by molar-refractivity contribution is 7.91. The third kappa shape index (κ3) is 3.76. The van der Waals surface area contributed by atoms with Gasteiger partial charge in [0.25, 0.3) is 0 Å². The Bertz CT molecular complexity index is 523. The zero-order valence-corrected chi connectivity index (χ0v) is 12.8. The van der Waals surface area contributed by atoms with Gasteiger partial charge in [-0.15, -0.1) is 11.3 Å². The summed E-state index contributed by atoms with van der Waals surface area (Å²) in [6.07, 6.45) is 2.41. The number of nitrogens with one attached hydrogen (secondary N) is 1. The number of thiophene rings is 1. The Balaban J connectivity index is 1.93. The van der Waals surface area contributed by atoms with Crippen LogP contribution in [-0.4, -0.2) is 44.1 Å². The number of likely N-dealkylation sites (N-methyl/N-ethyl adjacent to an activating group) is 1. The molecule has 5 nitrogen and oxygen atoms in total. The molecule has 0 aliphatic heterocycles. The zero-order chi connectivity index (χ0) is 14.0. The van der Waals surface area contributed by atoms with Gasteiger partial charge in [0.05, 0.1) is 6.61 Å². The van der Waals surface area contributed by atoms with E-state index in [4.69, 9.17) is 5.11 Å². The van der Waals surface area contributed by atoms with Gasteiger partial charge in [0.1, 0.15) is 4.21 Å². The minimum atomic E-state index is -3.45. The number of hydrogen-bond acceptors (Lipinski definition) is 5. The fourth-order valence-corrected chi connectivity index (χ4v) is 4.23. The van der Waals surface area contributed by atoms with E-state index in [1.165, 1.54) is 18.9 Å². The Morgan fingerprint density at radius 2 is 2.26 bits per heavy atom. The van der Waals surface area contributed by atoms with E-state index in [9.17, 15) is 8.42 Å². The van der Waals surface area contributed by atoms with Gasteiger partial charge >= 0.3 is 0 Å². The van der Waals surface area contributed by atoms with Crippen molar-refractivity contribution < 1.29 is 13.5 Å². The van der Waals surface area contributed by atoms with Gasteiger partial charge in [0, 0.05) is 18.6 Å². The van der Waals surface area contributed by atoms with Crippen LogP contribution in [0.5, 0.6) is 0 Å². The first kappa shape index (κ1) is 14.9. The van der Waals surface area contributed by atoms with E-state index in [-0.39, 0.29) is 16.9 Å². The molecular formula is C12H20N2O3S2. The lowest BCUT2D eigenvalue weighted by molar-refractivity contribution is 0.248. The highest BCUT2D eigenvalue weighted by Crippen LogP contribution is 2.27. The molecule has 2 N–H and O–H groups in total. The van der Waals surface area contributed by atoms with Crippen LogP contribution < -0.4 is 4.72 Å². The molecule has 108 valence electrons. The van der Waals surface area contributed by atoms with E-state index >= 15 is 0 Å². The highest BCUT2D eigenvalue weighted by Gasteiger charge is 2.29. The van der Waals surface area contributed by atoms with Gasteiger partial charge in [0.15, 0.2) is 0 Å². The molecule has 0 amide bonds. The SMILES string of the molecule is CC(CNS(=O)(=O)c1cc(CO)cs1)N(C)C1CC1. The summed E-state index contributed by atoms with van der Waals surface area (Å²) >= 11 is 1.14. The Kier molecular flexibility index (Phi) is 4.62. The van der Waals surface area contributed by atoms with Crippen LogP contribution in [0.1, 0.15) is 25.3 Å². The van der Waals surface area contributed by atoms with Gasteiger partial charge < -0.3 is 5.11 Å². The molecule has 1 aliphatic rings. The molecule has 1 atom stereocenters. The van der Waals surface area contributed by atoms with Crippen molar-refractivity contribution in [2.24, 2.45) is 0 Å². The van der Waals surface area contributed by atoms with Gasteiger partial charge in [-0.1, -0.05) is 0 Å². The molecule has 0 aromatic carbocycles. The summed E-state index contributed by atoms with van der Waals surface area (Å²) in [5.41, 5.74) is 0.633. The molecular weight excluding hydrogens is 284 g/mol. The van der Waals surface area contributed by atoms with Crippen LogP contribution in [0.3, 0.4) is 0 Å². The number of rotatable bonds is 7. The fraction of sp³-hybridized carbons (Fsp3) is 0.667. The van der Waals surface area contributed by atoms with E-state index in [1.54, 1.807) is 5.38 Å². The average Bonchev–Trinajstić information content (AvgIpc) is 3.11. The molecule has 1 fully saturated rings. The largest absolute Gasteiger partial charge is 0.392 e. The van der Waals surface area contributed by atoms with Crippen LogP contribution in [0.15, 0.2) is 15.7 Å². The molecule has 1 aliphatic carbocycles. The van der Waals surface area contributed by atoms with Crippen molar-refractivity contribution in [1.29, 1.82) is 0 Å². The molecule has 0 radical (unpaired) electrons. The molecule has 2 rings (SSSR count). The lowest BCUT2D eigenvalue weighted by Crippen LogP contribution is -2.40. The van der Waals surface area contributed by atoms with Crippen molar-refractivity contribution in [2.45, 2.75) is 42.7 Å². The predicted molar refractivity (Wildman–Crippen MR) is 75.7 cm³/mol. The summed E-state index contributed by atoms with van der Waals surface area (Å²) < 4.78 is 27.0. The first-order chi connectivity index (χ1) is 8.94. The second kappa shape index (κ2) is 5.88. The van der Waals surface area contributed by atoms with Crippen LogP contribution in [0, 0.1) is 0 Å². The van der Waals surface area contributed by atoms with Crippen molar-refractivity contribution in [3.8, 4) is 0 Å². The maximum Gasteiger partial charge on any atom is 0.250 e. The average molecular weight is 304 g/mol. The molecule has 1 heterocycles. The quantitative estimate of drug-likeness (QED) is 0.788. The summed E-state index contributed by atoms with van der Waals surface area (Å²) in [6.45, 7) is 2.29. The summed E-state index contributed by atoms with van der Waals surface area (Å²) in [5.74, 6) is 0. The van der Waals surface area contributed by atoms with Crippen molar-refractivity contribution in [3.05, 3.63) is 17.0 Å². The lowest BCUT2D eigenvalue weighted by atomic mass is 10.3. The second-order valence-corrected chi connectivity index (χ2v) is 7.93. The third-order valence-electron chi connectivity index (χ3n) is 3.46. The predicted octanol–water partition coefficient (Wildman–Crippen LogP) is 1.00. The highest BCUT2D eigenvalue weighted by atomic mass is 32.2. The van der Waals surface area contributed by atoms with Crippen molar-refractivity contribution in [1.82, 2.24) is 9.62 Å². The van der Waals surface area contributed by atoms with Gasteiger partial charge in [-0.2, -0.15) is 0 Å². The van der Waals surface area contributed by atoms with E-state index in [0.717, 1.165) is 11.3 Å². The minimum absolute atomic E-state index is 0.132. The van der Waals surface area contributed by atoms with Crippen molar-refractivity contribution in [3.63, 3.8) is 0 Å². The number of aliphatic hydroxyl groups excluding tert-OH is 1. The van der Waals surface area contributed by atoms with E-state index in [2.05, 4.69) is 9.62 Å². The van der Waals surface area contributed by atoms with Gasteiger partial charge in [0.2, 0.25) is 10.0 Å². The summed E-state index contributed by atoms with van der Waals surface area (Å²) in [6, 6.07) is 2.31. The number of sulfonamides is 1. The number of aliphatic hydroxyl groups is 1. The van der Waals surface area contributed by atoms with E-state index < -0.39 is 10.0 Å². The lowest BCUT2D eigenvalue weighted by Gasteiger charge is -2.24. The molecule has 0 bridgehead atoms. The molecule has 1 aromatic heterocycles. The van der Waals surface area contributed by atoms with Crippen LogP contribution in [-0.2, 0) is 16.6 Å². The number of nitrogens with zero attached hydrogens (tertiary/aromatic N) is 1. The Hall–Kier alpha value is -0.470. The van der Waals surface area contributed by atoms with Gasteiger partial charge in [-0.05, 0) is 43.8 Å². The molecule has 1 unspecified atom stereocenters. The molecule has 0 saturated heterocycles. The third-order valence-corrected chi connectivity index (χ3v) is 6.38. The second-order valence-electron chi connectivity index (χ2n) is 5.03. The molecule has 1 saturated carbocycles. The van der Waals surface area contributed by atoms with E-state index in [1.807, 2.05) is 14.0 Å². The van der Waals surface area contributed by atoms with Gasteiger partial charge in [-0.3, -0.25) is 4.90 Å². The molecule has 19 heavy (non-hydrogen) atoms. The normalized spacial score (nSPS) is 17.9. The Morgan fingerprint density at radius 1 is 1.58 bits per heavy atom. The summed E-state index contributed by atoms with van der Waals surface area (Å²) in [7, 11) is -1.42. The number of hydrogen-bond donors (Lipinski definition) is 2. The van der Waals surface area contributed by atoms with Crippen LogP contribution in [0.2, 0.25) is 0 Å². The molecule has 0 spiro atoms. The first-order valence-corrected chi connectivity index (χ1v) is 8.70. The van der Waals surface area contributed by atoms with Crippen LogP contribution in [0.4, 0.5) is 0 Å². The molecule has 7 heteroatoms. The van der Waals surface area contributed by atoms with Crippen molar-refractivity contribution in [2.75, 3.05) is 13.6 Å². The smallest absolute Gasteiger partial charge is 0.250 e. The minimum Gasteiger partial charge on any atom is -0.392 e. The zero-order valence-electron chi connectivity index (χ0n) is 11.2. The maximum absolute atomic E-state index is 12.1. The first-order valence-electron chi connectivity index (χ1n) is 6.34. The standard InChI is InChI=1S/C12H20N2O3S2/c1-9(14(2)11-3-4-11)6-13-19(16,17)12-5-10(7-15)8-18-12/h5,8-9,11,13,15H,3-4,6-7H2,1-2H3. The molecule has 1 aromatic rings. The summed E-state index contributed by atoms with van der Waals surface area (Å²) in [5, 5.41) is 10.6. The summed E-state index contributed by atoms with van der Waals surface area (Å²) in [4.78, 5) is 2.22. The monoisotopic (exact) mass is 304 g/mol. The Labute approximate surface area is 118 Å². The van der Waals surface area contributed by atoms with Crippen LogP contribution in [0.25, 0.3) is 0 Å². The topological polar surface area (TPSA) is 69.6 Å². The van der Waals surface area contributed by atoms with Gasteiger partial charge in [-0.25, -0.2) is 13.1 Å². The van der Waals surface area contributed by atoms with Crippen molar-refractivity contribution >= 4 is 21.4 Å².